The first-order valence-electron chi connectivity index (χ1n) is 13.7. The van der Waals surface area contributed by atoms with Crippen LogP contribution in [0.3, 0.4) is 0 Å². The zero-order valence-corrected chi connectivity index (χ0v) is 26.1. The summed E-state index contributed by atoms with van der Waals surface area (Å²) in [6.45, 7) is 4.22. The zero-order chi connectivity index (χ0) is 29.5. The summed E-state index contributed by atoms with van der Waals surface area (Å²) in [4.78, 5) is 24.9. The van der Waals surface area contributed by atoms with Crippen molar-refractivity contribution in [3.8, 4) is 22.4 Å². The molecule has 0 aliphatic rings. The van der Waals surface area contributed by atoms with Crippen LogP contribution >= 0.6 is 0 Å². The van der Waals surface area contributed by atoms with Crippen LogP contribution in [0.4, 0.5) is 10.1 Å². The monoisotopic (exact) mass is 580 g/mol. The molecule has 0 fully saturated rings. The van der Waals surface area contributed by atoms with E-state index in [1.54, 1.807) is 24.3 Å². The van der Waals surface area contributed by atoms with Gasteiger partial charge < -0.3 is 30.0 Å². The molecule has 0 aliphatic heterocycles. The Balaban J connectivity index is 0.00000484. The average molecular weight is 581 g/mol. The van der Waals surface area contributed by atoms with E-state index in [9.17, 15) is 29.3 Å². The molecule has 0 unspecified atom stereocenters. The number of halogens is 1. The molecule has 1 heterocycles. The second-order valence-electron chi connectivity index (χ2n) is 10.4. The van der Waals surface area contributed by atoms with Crippen molar-refractivity contribution in [1.82, 2.24) is 4.57 Å². The number of aliphatic hydroxyl groups is 2. The van der Waals surface area contributed by atoms with Crippen LogP contribution in [-0.2, 0) is 11.3 Å². The van der Waals surface area contributed by atoms with Crippen molar-refractivity contribution >= 4 is 17.6 Å². The van der Waals surface area contributed by atoms with Gasteiger partial charge in [-0.05, 0) is 66.3 Å². The Labute approximate surface area is 267 Å². The molecule has 3 aromatic carbocycles. The summed E-state index contributed by atoms with van der Waals surface area (Å²) in [5.41, 5.74) is 4.72. The van der Waals surface area contributed by atoms with Gasteiger partial charge in [0.25, 0.3) is 5.91 Å². The van der Waals surface area contributed by atoms with E-state index in [0.717, 1.165) is 11.3 Å². The molecular weight excluding hydrogens is 546 g/mol. The van der Waals surface area contributed by atoms with Crippen molar-refractivity contribution in [2.24, 2.45) is 0 Å². The fraction of sp³-hybridized carbons (Fsp3) is 0.273. The fourth-order valence-electron chi connectivity index (χ4n) is 5.19. The summed E-state index contributed by atoms with van der Waals surface area (Å²) in [5.74, 6) is -2.20. The van der Waals surface area contributed by atoms with Crippen molar-refractivity contribution in [3.05, 3.63) is 102 Å². The third-order valence-electron chi connectivity index (χ3n) is 6.92. The number of carboxylic acid groups (broad SMARTS) is 1. The van der Waals surface area contributed by atoms with E-state index in [1.165, 1.54) is 12.1 Å². The van der Waals surface area contributed by atoms with Crippen LogP contribution in [0.5, 0.6) is 0 Å². The van der Waals surface area contributed by atoms with Crippen molar-refractivity contribution in [2.75, 3.05) is 5.32 Å². The molecule has 0 spiro atoms. The van der Waals surface area contributed by atoms with Gasteiger partial charge in [-0.3, -0.25) is 4.79 Å². The predicted molar refractivity (Wildman–Crippen MR) is 155 cm³/mol. The first-order valence-corrected chi connectivity index (χ1v) is 13.7. The maximum Gasteiger partial charge on any atom is 1.00 e. The first kappa shape index (κ1) is 33.2. The molecule has 0 saturated carbocycles. The van der Waals surface area contributed by atoms with Gasteiger partial charge in [0.2, 0.25) is 0 Å². The summed E-state index contributed by atoms with van der Waals surface area (Å²) in [5, 5.41) is 34.6. The quantitative estimate of drug-likeness (QED) is 0.222. The van der Waals surface area contributed by atoms with Gasteiger partial charge in [0.1, 0.15) is 5.82 Å². The number of para-hydroxylation sites is 1. The van der Waals surface area contributed by atoms with E-state index in [4.69, 9.17) is 0 Å². The van der Waals surface area contributed by atoms with Gasteiger partial charge in [-0.1, -0.05) is 62.4 Å². The van der Waals surface area contributed by atoms with Crippen LogP contribution in [-0.4, -0.2) is 38.9 Å². The molecule has 7 nitrogen and oxygen atoms in total. The third kappa shape index (κ3) is 8.18. The number of rotatable bonds is 12. The fourth-order valence-corrected chi connectivity index (χ4v) is 5.19. The third-order valence-corrected chi connectivity index (χ3v) is 6.92. The Kier molecular flexibility index (Phi) is 12.1. The van der Waals surface area contributed by atoms with E-state index in [-0.39, 0.29) is 60.8 Å². The van der Waals surface area contributed by atoms with Gasteiger partial charge in [0.05, 0.1) is 23.5 Å². The number of carbonyl (C=O) groups is 2. The number of hydrogen-bond acceptors (Lipinski definition) is 5. The van der Waals surface area contributed by atoms with E-state index < -0.39 is 30.4 Å². The molecule has 0 radical (unpaired) electrons. The number of amides is 1. The molecule has 214 valence electrons. The Morgan fingerprint density at radius 1 is 0.881 bits per heavy atom. The van der Waals surface area contributed by atoms with Gasteiger partial charge in [-0.2, -0.15) is 0 Å². The second-order valence-corrected chi connectivity index (χ2v) is 10.4. The number of aromatic nitrogens is 1. The minimum atomic E-state index is -1.39. The smallest absolute Gasteiger partial charge is 0.550 e. The number of benzene rings is 3. The Bertz CT molecular complexity index is 1470. The minimum Gasteiger partial charge on any atom is -0.550 e. The van der Waals surface area contributed by atoms with Crippen molar-refractivity contribution in [2.45, 2.75) is 57.8 Å². The van der Waals surface area contributed by atoms with Gasteiger partial charge in [-0.25, -0.2) is 4.39 Å². The Hall–Kier alpha value is -3.27. The number of anilines is 1. The largest absolute Gasteiger partial charge is 1.00 e. The van der Waals surface area contributed by atoms with Crippen LogP contribution in [0.1, 0.15) is 55.1 Å². The number of carbonyl (C=O) groups excluding carboxylic acids is 2. The van der Waals surface area contributed by atoms with Gasteiger partial charge >= 0.3 is 29.6 Å². The minimum absolute atomic E-state index is 0. The summed E-state index contributed by atoms with van der Waals surface area (Å²) < 4.78 is 16.0. The normalized spacial score (nSPS) is 12.4. The second kappa shape index (κ2) is 15.3. The maximum absolute atomic E-state index is 14.0. The molecule has 0 aliphatic carbocycles. The van der Waals surface area contributed by atoms with Crippen LogP contribution in [0.2, 0.25) is 0 Å². The molecule has 2 atom stereocenters. The molecule has 4 aromatic rings. The summed E-state index contributed by atoms with van der Waals surface area (Å²) in [6.07, 6.45) is -2.77. The van der Waals surface area contributed by atoms with Gasteiger partial charge in [-0.15, -0.1) is 0 Å². The molecule has 4 rings (SSSR count). The van der Waals surface area contributed by atoms with Gasteiger partial charge in [0, 0.05) is 35.9 Å². The number of hydrogen-bond donors (Lipinski definition) is 3. The molecule has 1 aromatic heterocycles. The van der Waals surface area contributed by atoms with Crippen LogP contribution < -0.4 is 40.0 Å². The first-order chi connectivity index (χ1) is 19.7. The van der Waals surface area contributed by atoms with E-state index >= 15 is 0 Å². The predicted octanol–water partition coefficient (Wildman–Crippen LogP) is 1.98. The average Bonchev–Trinajstić information content (AvgIpc) is 3.28. The van der Waals surface area contributed by atoms with Crippen molar-refractivity contribution in [1.29, 1.82) is 0 Å². The topological polar surface area (TPSA) is 115 Å². The summed E-state index contributed by atoms with van der Waals surface area (Å²) in [7, 11) is 0. The maximum atomic E-state index is 14.0. The standard InChI is InChI=1S/C33H35FN2O5.Na/c1-21(2)31-30(33(41)35-25-11-7-4-8-12-25)29(22-9-5-3-6-10-22)32(23-13-15-24(34)16-14-23)36(31)18-17-26(37)19-27(38)20-28(39)40;/h3-16,21,26-27,37-38H,17-20H2,1-2H3,(H,35,41)(H,39,40);/q;+1/p-1/t26-,27-;/m1./s1. The van der Waals surface area contributed by atoms with Crippen LogP contribution in [0, 0.1) is 5.82 Å². The molecule has 3 N–H and O–H groups in total. The number of nitrogens with zero attached hydrogens (tertiary/aromatic N) is 1. The number of nitrogens with one attached hydrogen (secondary N) is 1. The van der Waals surface area contributed by atoms with Crippen LogP contribution in [0.25, 0.3) is 22.4 Å². The van der Waals surface area contributed by atoms with E-state index in [0.29, 0.717) is 28.1 Å². The molecule has 1 amide bonds. The Morgan fingerprint density at radius 2 is 1.48 bits per heavy atom. The molecular formula is C33H34FN2NaO5. The number of aliphatic carboxylic acids is 1. The summed E-state index contributed by atoms with van der Waals surface area (Å²) in [6, 6.07) is 24.7. The van der Waals surface area contributed by atoms with Crippen molar-refractivity contribution in [3.63, 3.8) is 0 Å². The van der Waals surface area contributed by atoms with E-state index in [2.05, 4.69) is 5.32 Å². The SMILES string of the molecule is CC(C)c1c(C(=O)Nc2ccccc2)c(-c2ccccc2)c(-c2ccc(F)cc2)n1CC[C@@H](O)C[C@@H](O)CC(=O)[O-].[Na+]. The molecule has 0 saturated heterocycles. The number of carboxylic acids is 1. The van der Waals surface area contributed by atoms with Crippen LogP contribution in [0.15, 0.2) is 84.9 Å². The van der Waals surface area contributed by atoms with Crippen molar-refractivity contribution < 1.29 is 58.9 Å². The van der Waals surface area contributed by atoms with E-state index in [1.807, 2.05) is 66.9 Å². The van der Waals surface area contributed by atoms with Gasteiger partial charge in [0.15, 0.2) is 0 Å². The number of aliphatic hydroxyl groups excluding tert-OH is 2. The Morgan fingerprint density at radius 3 is 2.05 bits per heavy atom. The zero-order valence-electron chi connectivity index (χ0n) is 24.1. The molecule has 9 heteroatoms. The molecule has 42 heavy (non-hydrogen) atoms. The molecule has 0 bridgehead atoms. The summed E-state index contributed by atoms with van der Waals surface area (Å²) >= 11 is 0.